The van der Waals surface area contributed by atoms with Gasteiger partial charge in [-0.25, -0.2) is 4.79 Å². The number of carboxylic acids is 1. The summed E-state index contributed by atoms with van der Waals surface area (Å²) in [5.41, 5.74) is 0. The van der Waals surface area contributed by atoms with Crippen molar-refractivity contribution in [1.82, 2.24) is 4.90 Å². The molecule has 0 fully saturated rings. The number of nitrogens with zero attached hydrogens (tertiary/aromatic N) is 1. The number of imide groups is 1. The van der Waals surface area contributed by atoms with Crippen LogP contribution in [-0.2, 0) is 33.4 Å². The Hall–Kier alpha value is -2.10. The van der Waals surface area contributed by atoms with E-state index in [-0.39, 0.29) is 30.8 Å². The average Bonchev–Trinajstić information content (AvgIpc) is 2.97. The molecular weight excluding hydrogens is 370 g/mol. The molecule has 0 saturated carbocycles. The van der Waals surface area contributed by atoms with Crippen LogP contribution in [0, 0.1) is 0 Å². The molecule has 1 N–H and O–H groups in total. The molecule has 0 saturated heterocycles. The number of unbranched alkanes of at least 4 members (excludes halogenated alkanes) is 2. The highest BCUT2D eigenvalue weighted by molar-refractivity contribution is 6.12. The smallest absolute Gasteiger partial charge is 0.329 e. The van der Waals surface area contributed by atoms with Crippen molar-refractivity contribution in [2.45, 2.75) is 38.5 Å². The molecule has 1 heterocycles. The molecule has 28 heavy (non-hydrogen) atoms. The van der Waals surface area contributed by atoms with Crippen LogP contribution in [0.3, 0.4) is 0 Å². The molecule has 0 aromatic carbocycles. The van der Waals surface area contributed by atoms with E-state index in [2.05, 4.69) is 0 Å². The van der Waals surface area contributed by atoms with Crippen molar-refractivity contribution in [2.24, 2.45) is 0 Å². The third-order valence-electron chi connectivity index (χ3n) is 3.95. The van der Waals surface area contributed by atoms with E-state index in [4.69, 9.17) is 19.3 Å². The Morgan fingerprint density at radius 2 is 1.36 bits per heavy atom. The lowest BCUT2D eigenvalue weighted by Gasteiger charge is -2.12. The van der Waals surface area contributed by atoms with Gasteiger partial charge in [-0.05, 0) is 19.3 Å². The second-order valence-electron chi connectivity index (χ2n) is 6.29. The maximum Gasteiger partial charge on any atom is 0.329 e. The maximum atomic E-state index is 11.8. The second-order valence-corrected chi connectivity index (χ2v) is 6.29. The molecule has 158 valence electrons. The van der Waals surface area contributed by atoms with Crippen molar-refractivity contribution in [2.75, 3.05) is 46.2 Å². The highest BCUT2D eigenvalue weighted by atomic mass is 16.5. The number of carboxylic acid groups (broad SMARTS) is 1. The number of aliphatic carboxylic acids is 1. The SMILES string of the molecule is O=C(O)COCCOCCOCCCC(=O)CCCCCN1C(=O)C=CC1=O. The van der Waals surface area contributed by atoms with Gasteiger partial charge in [-0.1, -0.05) is 6.42 Å². The zero-order chi connectivity index (χ0) is 20.6. The molecular formula is C19H29NO8. The van der Waals surface area contributed by atoms with Gasteiger partial charge in [0.05, 0.1) is 26.4 Å². The van der Waals surface area contributed by atoms with Crippen LogP contribution in [0.25, 0.3) is 0 Å². The van der Waals surface area contributed by atoms with E-state index in [1.165, 1.54) is 17.1 Å². The third-order valence-corrected chi connectivity index (χ3v) is 3.95. The topological polar surface area (TPSA) is 119 Å². The molecule has 0 bridgehead atoms. The van der Waals surface area contributed by atoms with Crippen LogP contribution in [0.1, 0.15) is 38.5 Å². The molecule has 0 spiro atoms. The first-order valence-electron chi connectivity index (χ1n) is 9.51. The second kappa shape index (κ2) is 14.9. The lowest BCUT2D eigenvalue weighted by atomic mass is 10.1. The van der Waals surface area contributed by atoms with Gasteiger partial charge < -0.3 is 19.3 Å². The Morgan fingerprint density at radius 1 is 0.786 bits per heavy atom. The predicted octanol–water partition coefficient (Wildman–Crippen LogP) is 0.955. The number of carbonyl (C=O) groups is 4. The Balaban J connectivity index is 1.82. The van der Waals surface area contributed by atoms with Crippen molar-refractivity contribution >= 4 is 23.6 Å². The van der Waals surface area contributed by atoms with Crippen molar-refractivity contribution in [1.29, 1.82) is 0 Å². The molecule has 1 rings (SSSR count). The Labute approximate surface area is 164 Å². The van der Waals surface area contributed by atoms with Gasteiger partial charge in [0, 0.05) is 38.1 Å². The largest absolute Gasteiger partial charge is 0.480 e. The standard InChI is InChI=1S/C19H29NO8/c21-16(5-2-1-3-9-20-17(22)7-8-18(20)23)6-4-10-26-11-12-27-13-14-28-15-19(24)25/h7-8H,1-6,9-15H2,(H,24,25). The monoisotopic (exact) mass is 399 g/mol. The van der Waals surface area contributed by atoms with Gasteiger partial charge in [-0.2, -0.15) is 0 Å². The molecule has 9 nitrogen and oxygen atoms in total. The van der Waals surface area contributed by atoms with Gasteiger partial charge in [0.2, 0.25) is 0 Å². The molecule has 0 aromatic rings. The highest BCUT2D eigenvalue weighted by Gasteiger charge is 2.22. The molecule has 0 aliphatic carbocycles. The van der Waals surface area contributed by atoms with Crippen LogP contribution in [0.2, 0.25) is 0 Å². The van der Waals surface area contributed by atoms with Gasteiger partial charge in [-0.3, -0.25) is 19.3 Å². The van der Waals surface area contributed by atoms with Crippen molar-refractivity contribution in [3.63, 3.8) is 0 Å². The fourth-order valence-corrected chi connectivity index (χ4v) is 2.52. The Kier molecular flexibility index (Phi) is 12.7. The summed E-state index contributed by atoms with van der Waals surface area (Å²) in [5, 5.41) is 8.37. The van der Waals surface area contributed by atoms with Crippen LogP contribution in [0.15, 0.2) is 12.2 Å². The van der Waals surface area contributed by atoms with Crippen LogP contribution in [0.4, 0.5) is 0 Å². The van der Waals surface area contributed by atoms with E-state index in [1.54, 1.807) is 0 Å². The zero-order valence-corrected chi connectivity index (χ0v) is 16.1. The number of amides is 2. The molecule has 1 aliphatic rings. The van der Waals surface area contributed by atoms with E-state index >= 15 is 0 Å². The summed E-state index contributed by atoms with van der Waals surface area (Å²) < 4.78 is 15.4. The van der Waals surface area contributed by atoms with Gasteiger partial charge in [0.15, 0.2) is 0 Å². The summed E-state index contributed by atoms with van der Waals surface area (Å²) in [6.45, 7) is 1.90. The van der Waals surface area contributed by atoms with Gasteiger partial charge in [0.1, 0.15) is 12.4 Å². The Morgan fingerprint density at radius 3 is 2.00 bits per heavy atom. The van der Waals surface area contributed by atoms with E-state index < -0.39 is 5.97 Å². The van der Waals surface area contributed by atoms with Gasteiger partial charge in [-0.15, -0.1) is 0 Å². The quantitative estimate of drug-likeness (QED) is 0.267. The number of carbonyl (C=O) groups excluding carboxylic acids is 3. The number of ether oxygens (including phenoxy) is 3. The van der Waals surface area contributed by atoms with E-state index in [9.17, 15) is 19.2 Å². The Bertz CT molecular complexity index is 528. The fourth-order valence-electron chi connectivity index (χ4n) is 2.52. The summed E-state index contributed by atoms with van der Waals surface area (Å²) in [5.74, 6) is -1.35. The predicted molar refractivity (Wildman–Crippen MR) is 98.7 cm³/mol. The number of rotatable bonds is 18. The molecule has 9 heteroatoms. The first kappa shape index (κ1) is 23.9. The number of hydrogen-bond donors (Lipinski definition) is 1. The highest BCUT2D eigenvalue weighted by Crippen LogP contribution is 2.09. The minimum Gasteiger partial charge on any atom is -0.480 e. The summed E-state index contributed by atoms with van der Waals surface area (Å²) >= 11 is 0. The summed E-state index contributed by atoms with van der Waals surface area (Å²) in [6.07, 6.45) is 6.43. The molecule has 1 aliphatic heterocycles. The minimum absolute atomic E-state index is 0.186. The molecule has 0 unspecified atom stereocenters. The lowest BCUT2D eigenvalue weighted by Crippen LogP contribution is -2.30. The fraction of sp³-hybridized carbons (Fsp3) is 0.684. The maximum absolute atomic E-state index is 11.8. The molecule has 0 radical (unpaired) electrons. The minimum atomic E-state index is -1.01. The van der Waals surface area contributed by atoms with Gasteiger partial charge >= 0.3 is 5.97 Å². The molecule has 0 aromatic heterocycles. The third kappa shape index (κ3) is 11.6. The van der Waals surface area contributed by atoms with Crippen LogP contribution in [-0.4, -0.2) is 79.8 Å². The first-order chi connectivity index (χ1) is 13.5. The van der Waals surface area contributed by atoms with Crippen LogP contribution in [0.5, 0.6) is 0 Å². The normalized spacial score (nSPS) is 13.5. The first-order valence-corrected chi connectivity index (χ1v) is 9.51. The average molecular weight is 399 g/mol. The summed E-state index contributed by atoms with van der Waals surface area (Å²) in [4.78, 5) is 45.9. The van der Waals surface area contributed by atoms with Crippen LogP contribution < -0.4 is 0 Å². The zero-order valence-electron chi connectivity index (χ0n) is 16.1. The lowest BCUT2D eigenvalue weighted by molar-refractivity contribution is -0.143. The van der Waals surface area contributed by atoms with Crippen molar-refractivity contribution in [3.05, 3.63) is 12.2 Å². The van der Waals surface area contributed by atoms with E-state index in [0.29, 0.717) is 58.7 Å². The number of Topliss-reactive ketones (excluding diaryl/α,β-unsaturated/α-hetero) is 1. The van der Waals surface area contributed by atoms with E-state index in [0.717, 1.165) is 12.8 Å². The van der Waals surface area contributed by atoms with Crippen molar-refractivity contribution < 1.29 is 38.5 Å². The van der Waals surface area contributed by atoms with E-state index in [1.807, 2.05) is 0 Å². The summed E-state index contributed by atoms with van der Waals surface area (Å²) in [6, 6.07) is 0. The molecule has 2 amide bonds. The van der Waals surface area contributed by atoms with Gasteiger partial charge in [0.25, 0.3) is 11.8 Å². The number of hydrogen-bond acceptors (Lipinski definition) is 7. The van der Waals surface area contributed by atoms with Crippen molar-refractivity contribution in [3.8, 4) is 0 Å². The molecule has 0 atom stereocenters. The number of ketones is 1. The van der Waals surface area contributed by atoms with Crippen LogP contribution >= 0.6 is 0 Å². The summed E-state index contributed by atoms with van der Waals surface area (Å²) in [7, 11) is 0.